The first kappa shape index (κ1) is 14.1. The van der Waals surface area contributed by atoms with E-state index in [9.17, 15) is 4.79 Å². The zero-order valence-corrected chi connectivity index (χ0v) is 12.0. The van der Waals surface area contributed by atoms with Crippen molar-refractivity contribution >= 4 is 27.9 Å². The van der Waals surface area contributed by atoms with Gasteiger partial charge >= 0.3 is 6.09 Å². The minimum Gasteiger partial charge on any atom is -0.444 e. The van der Waals surface area contributed by atoms with E-state index in [1.54, 1.807) is 4.90 Å². The van der Waals surface area contributed by atoms with Crippen LogP contribution in [-0.2, 0) is 4.74 Å². The van der Waals surface area contributed by atoms with Crippen LogP contribution in [0.5, 0.6) is 0 Å². The molecule has 1 aliphatic rings. The summed E-state index contributed by atoms with van der Waals surface area (Å²) in [5.74, 6) is 5.99. The maximum atomic E-state index is 11.8. The summed E-state index contributed by atoms with van der Waals surface area (Å²) in [6.07, 6.45) is -0.326. The number of amides is 1. The van der Waals surface area contributed by atoms with Crippen LogP contribution in [-0.4, -0.2) is 52.4 Å². The van der Waals surface area contributed by atoms with Gasteiger partial charge in [-0.15, -0.1) is 0 Å². The van der Waals surface area contributed by atoms with Crippen molar-refractivity contribution in [2.24, 2.45) is 10.9 Å². The Labute approximate surface area is 110 Å². The molecule has 0 unspecified atom stereocenters. The standard InChI is InChI=1S/C10H19BrN4O2/c1-10(2,3)17-9(16)14-4-5-15(7-11)8(6-14)13-12/h4-7,12H2,1-3H3/b13-8-. The van der Waals surface area contributed by atoms with E-state index < -0.39 is 5.60 Å². The molecule has 0 atom stereocenters. The molecule has 98 valence electrons. The number of carbonyl (C=O) groups excluding carboxylic acids is 1. The molecular weight excluding hydrogens is 288 g/mol. The number of hydrogen-bond donors (Lipinski definition) is 1. The number of rotatable bonds is 1. The van der Waals surface area contributed by atoms with Gasteiger partial charge in [0.15, 0.2) is 0 Å². The lowest BCUT2D eigenvalue weighted by molar-refractivity contribution is 0.0247. The summed E-state index contributed by atoms with van der Waals surface area (Å²) in [4.78, 5) is 15.4. The average molecular weight is 307 g/mol. The molecule has 1 heterocycles. The summed E-state index contributed by atoms with van der Waals surface area (Å²) >= 11 is 3.35. The molecule has 0 aromatic heterocycles. The van der Waals surface area contributed by atoms with Crippen molar-refractivity contribution in [2.45, 2.75) is 26.4 Å². The fraction of sp³-hybridized carbons (Fsp3) is 0.800. The summed E-state index contributed by atoms with van der Waals surface area (Å²) in [6.45, 7) is 7.23. The van der Waals surface area contributed by atoms with Crippen LogP contribution in [0.4, 0.5) is 4.79 Å². The predicted molar refractivity (Wildman–Crippen MR) is 69.9 cm³/mol. The van der Waals surface area contributed by atoms with E-state index in [0.717, 1.165) is 0 Å². The first-order valence-corrected chi connectivity index (χ1v) is 6.55. The highest BCUT2D eigenvalue weighted by molar-refractivity contribution is 9.09. The predicted octanol–water partition coefficient (Wildman–Crippen LogP) is 1.16. The molecule has 6 nitrogen and oxygen atoms in total. The smallest absolute Gasteiger partial charge is 0.410 e. The molecule has 0 bridgehead atoms. The molecular formula is C10H19BrN4O2. The number of piperazine rings is 1. The highest BCUT2D eigenvalue weighted by Crippen LogP contribution is 2.13. The maximum Gasteiger partial charge on any atom is 0.410 e. The van der Waals surface area contributed by atoms with Crippen molar-refractivity contribution in [2.75, 3.05) is 25.1 Å². The number of alkyl halides is 1. The Kier molecular flexibility index (Phi) is 4.62. The molecule has 1 aliphatic heterocycles. The second-order valence-electron chi connectivity index (χ2n) is 4.83. The van der Waals surface area contributed by atoms with Crippen LogP contribution in [0.15, 0.2) is 5.10 Å². The Balaban J connectivity index is 2.61. The number of amidine groups is 1. The van der Waals surface area contributed by atoms with E-state index in [4.69, 9.17) is 10.6 Å². The quantitative estimate of drug-likeness (QED) is 0.341. The summed E-state index contributed by atoms with van der Waals surface area (Å²) < 4.78 is 5.30. The van der Waals surface area contributed by atoms with E-state index in [1.165, 1.54) is 0 Å². The van der Waals surface area contributed by atoms with Crippen LogP contribution in [0.2, 0.25) is 0 Å². The molecule has 1 saturated heterocycles. The number of halogens is 1. The third-order valence-electron chi connectivity index (χ3n) is 2.28. The van der Waals surface area contributed by atoms with Crippen LogP contribution < -0.4 is 5.84 Å². The Morgan fingerprint density at radius 3 is 2.65 bits per heavy atom. The lowest BCUT2D eigenvalue weighted by Gasteiger charge is -2.36. The average Bonchev–Trinajstić information content (AvgIpc) is 2.25. The molecule has 0 aromatic carbocycles. The van der Waals surface area contributed by atoms with Crippen molar-refractivity contribution < 1.29 is 9.53 Å². The highest BCUT2D eigenvalue weighted by Gasteiger charge is 2.28. The first-order chi connectivity index (χ1) is 7.87. The van der Waals surface area contributed by atoms with Gasteiger partial charge in [0.05, 0.1) is 12.0 Å². The van der Waals surface area contributed by atoms with Gasteiger partial charge in [-0.3, -0.25) is 4.90 Å². The van der Waals surface area contributed by atoms with Gasteiger partial charge in [0.25, 0.3) is 0 Å². The van der Waals surface area contributed by atoms with Gasteiger partial charge < -0.3 is 15.5 Å². The van der Waals surface area contributed by atoms with Gasteiger partial charge in [-0.05, 0) is 20.8 Å². The van der Waals surface area contributed by atoms with Gasteiger partial charge in [0.1, 0.15) is 11.4 Å². The number of nitrogens with two attached hydrogens (primary N) is 1. The third kappa shape index (κ3) is 4.07. The van der Waals surface area contributed by atoms with Gasteiger partial charge in [-0.1, -0.05) is 15.9 Å². The van der Waals surface area contributed by atoms with Crippen molar-refractivity contribution in [3.8, 4) is 0 Å². The highest BCUT2D eigenvalue weighted by atomic mass is 79.9. The van der Waals surface area contributed by atoms with E-state index in [2.05, 4.69) is 21.0 Å². The minimum atomic E-state index is -0.482. The summed E-state index contributed by atoms with van der Waals surface area (Å²) in [5, 5.41) is 3.69. The minimum absolute atomic E-state index is 0.326. The van der Waals surface area contributed by atoms with E-state index >= 15 is 0 Å². The molecule has 0 aromatic rings. The molecule has 1 amide bonds. The van der Waals surface area contributed by atoms with Gasteiger partial charge in [-0.2, -0.15) is 5.10 Å². The summed E-state index contributed by atoms with van der Waals surface area (Å²) in [7, 11) is 0. The number of nitrogens with zero attached hydrogens (tertiary/aromatic N) is 3. The second kappa shape index (κ2) is 5.57. The van der Waals surface area contributed by atoms with Crippen LogP contribution >= 0.6 is 15.9 Å². The Morgan fingerprint density at radius 2 is 2.18 bits per heavy atom. The molecule has 1 rings (SSSR count). The lowest BCUT2D eigenvalue weighted by atomic mass is 10.2. The number of hydrogen-bond acceptors (Lipinski definition) is 4. The van der Waals surface area contributed by atoms with Crippen LogP contribution in [0.3, 0.4) is 0 Å². The molecule has 1 fully saturated rings. The van der Waals surface area contributed by atoms with Crippen molar-refractivity contribution in [3.05, 3.63) is 0 Å². The van der Waals surface area contributed by atoms with Crippen LogP contribution in [0, 0.1) is 0 Å². The molecule has 0 aliphatic carbocycles. The van der Waals surface area contributed by atoms with E-state index in [0.29, 0.717) is 30.9 Å². The second-order valence-corrected chi connectivity index (χ2v) is 5.33. The largest absolute Gasteiger partial charge is 0.444 e. The van der Waals surface area contributed by atoms with Crippen LogP contribution in [0.25, 0.3) is 0 Å². The zero-order chi connectivity index (χ0) is 13.1. The summed E-state index contributed by atoms with van der Waals surface area (Å²) in [5.41, 5.74) is 0.175. The van der Waals surface area contributed by atoms with Crippen molar-refractivity contribution in [3.63, 3.8) is 0 Å². The lowest BCUT2D eigenvalue weighted by Crippen LogP contribution is -2.53. The van der Waals surface area contributed by atoms with Gasteiger partial charge in [-0.25, -0.2) is 4.79 Å². The third-order valence-corrected chi connectivity index (χ3v) is 2.89. The normalized spacial score (nSPS) is 19.6. The Hall–Kier alpha value is -0.980. The molecule has 0 spiro atoms. The molecule has 0 radical (unpaired) electrons. The Bertz CT molecular complexity index is 314. The zero-order valence-electron chi connectivity index (χ0n) is 10.4. The topological polar surface area (TPSA) is 71.2 Å². The fourth-order valence-electron chi connectivity index (χ4n) is 1.45. The number of carbonyl (C=O) groups is 1. The van der Waals surface area contributed by atoms with Gasteiger partial charge in [0.2, 0.25) is 0 Å². The maximum absolute atomic E-state index is 11.8. The fourth-order valence-corrected chi connectivity index (χ4v) is 1.99. The van der Waals surface area contributed by atoms with Crippen molar-refractivity contribution in [1.82, 2.24) is 9.80 Å². The molecule has 2 N–H and O–H groups in total. The summed E-state index contributed by atoms with van der Waals surface area (Å²) in [6, 6.07) is 0. The van der Waals surface area contributed by atoms with Crippen LogP contribution in [0.1, 0.15) is 20.8 Å². The molecule has 0 saturated carbocycles. The van der Waals surface area contributed by atoms with E-state index in [1.807, 2.05) is 25.7 Å². The van der Waals surface area contributed by atoms with Crippen molar-refractivity contribution in [1.29, 1.82) is 0 Å². The SMILES string of the molecule is CC(C)(C)OC(=O)N1CCN(CBr)/C(=N\N)C1. The van der Waals surface area contributed by atoms with E-state index in [-0.39, 0.29) is 6.09 Å². The monoisotopic (exact) mass is 306 g/mol. The number of hydrazone groups is 1. The molecule has 17 heavy (non-hydrogen) atoms. The van der Waals surface area contributed by atoms with Gasteiger partial charge in [0, 0.05) is 13.1 Å². The molecule has 7 heteroatoms. The Morgan fingerprint density at radius 1 is 1.53 bits per heavy atom. The first-order valence-electron chi connectivity index (χ1n) is 5.43. The number of ether oxygens (including phenoxy) is 1.